The molecule has 3 rings (SSSR count). The minimum Gasteiger partial charge on any atom is -0.481 e. The number of aromatic nitrogens is 1. The van der Waals surface area contributed by atoms with Gasteiger partial charge in [0.25, 0.3) is 0 Å². The molecule has 236 valence electrons. The van der Waals surface area contributed by atoms with Gasteiger partial charge < -0.3 is 30.9 Å². The Morgan fingerprint density at radius 1 is 1.16 bits per heavy atom. The number of thiazole rings is 1. The molecule has 1 aromatic heterocycles. The van der Waals surface area contributed by atoms with E-state index in [-0.39, 0.29) is 38.3 Å². The fraction of sp³-hybridized carbons (Fsp3) is 0.567. The number of carbonyl (C=O) groups is 4. The molecule has 1 aromatic carbocycles. The van der Waals surface area contributed by atoms with Crippen molar-refractivity contribution in [2.45, 2.75) is 96.8 Å². The first-order valence-electron chi connectivity index (χ1n) is 14.4. The second kappa shape index (κ2) is 14.9. The lowest BCUT2D eigenvalue weighted by Gasteiger charge is -2.32. The fourth-order valence-electron chi connectivity index (χ4n) is 5.09. The third-order valence-corrected chi connectivity index (χ3v) is 8.33. The minimum atomic E-state index is -1.62. The number of hydrogen-bond donors (Lipinski definition) is 6. The molecule has 0 radical (unpaired) electrons. The van der Waals surface area contributed by atoms with Crippen LogP contribution in [0.1, 0.15) is 64.6 Å². The summed E-state index contributed by atoms with van der Waals surface area (Å²) >= 11 is 1.56. The highest BCUT2D eigenvalue weighted by molar-refractivity contribution is 7.13. The molecule has 1 unspecified atom stereocenters. The summed E-state index contributed by atoms with van der Waals surface area (Å²) in [5.74, 6) is -2.48. The van der Waals surface area contributed by atoms with E-state index in [0.717, 1.165) is 21.7 Å². The van der Waals surface area contributed by atoms with Gasteiger partial charge in [0.15, 0.2) is 0 Å². The minimum absolute atomic E-state index is 0.0440. The van der Waals surface area contributed by atoms with Crippen LogP contribution in [0, 0.1) is 12.8 Å². The van der Waals surface area contributed by atoms with Crippen LogP contribution < -0.4 is 16.0 Å². The number of carboxylic acids is 1. The molecule has 13 heteroatoms. The van der Waals surface area contributed by atoms with Gasteiger partial charge in [0.2, 0.25) is 17.7 Å². The van der Waals surface area contributed by atoms with Crippen LogP contribution in [0.2, 0.25) is 0 Å². The number of benzene rings is 1. The molecule has 2 aromatic rings. The predicted molar refractivity (Wildman–Crippen MR) is 162 cm³/mol. The number of nitrogens with zero attached hydrogens (tertiary/aromatic N) is 2. The lowest BCUT2D eigenvalue weighted by molar-refractivity contribution is -0.142. The Labute approximate surface area is 255 Å². The van der Waals surface area contributed by atoms with Crippen LogP contribution in [0.15, 0.2) is 29.8 Å². The second-order valence-electron chi connectivity index (χ2n) is 11.8. The topological polar surface area (TPSA) is 181 Å². The number of hydrogen-bond acceptors (Lipinski definition) is 9. The molecule has 2 heterocycles. The summed E-state index contributed by atoms with van der Waals surface area (Å²) < 4.78 is 0. The number of aliphatic hydroxyl groups excluding tert-OH is 1. The molecule has 6 N–H and O–H groups in total. The maximum Gasteiger partial charge on any atom is 0.303 e. The Bertz CT molecular complexity index is 1280. The molecule has 1 aliphatic rings. The Kier molecular flexibility index (Phi) is 11.8. The van der Waals surface area contributed by atoms with Gasteiger partial charge in [-0.25, -0.2) is 4.98 Å². The van der Waals surface area contributed by atoms with Crippen LogP contribution in [-0.4, -0.2) is 85.4 Å². The van der Waals surface area contributed by atoms with Crippen molar-refractivity contribution in [1.29, 1.82) is 0 Å². The number of β-amino-alcohol motifs (C(OH)–C–C–N with tert-alkyl or cyclic N) is 1. The van der Waals surface area contributed by atoms with E-state index in [4.69, 9.17) is 5.11 Å². The summed E-state index contributed by atoms with van der Waals surface area (Å²) in [5.41, 5.74) is 3.04. The van der Waals surface area contributed by atoms with Crippen molar-refractivity contribution in [1.82, 2.24) is 25.8 Å². The normalized spacial score (nSPS) is 19.5. The lowest BCUT2D eigenvalue weighted by Crippen LogP contribution is -2.58. The van der Waals surface area contributed by atoms with E-state index in [2.05, 4.69) is 20.9 Å². The summed E-state index contributed by atoms with van der Waals surface area (Å²) in [5, 5.41) is 38.3. The standard InChI is InChI=1S/C30H43N5O7S/c1-17(2)12-23(34-30(5,42)11-10-25(37)38)27(39)33-19(4)29(41)35-15-22(36)13-24(35)28(40)31-14-20-6-8-21(9-7-20)26-18(3)32-16-43-26/h6-9,16-17,19,22-24,34,36,42H,10-15H2,1-5H3,(H,31,40)(H,33,39)(H,37,38)/t19-,22+,23-,24-,30?/m0/s1. The highest BCUT2D eigenvalue weighted by Gasteiger charge is 2.41. The molecule has 0 bridgehead atoms. The molecule has 0 saturated carbocycles. The average Bonchev–Trinajstić information content (AvgIpc) is 3.55. The van der Waals surface area contributed by atoms with E-state index in [0.29, 0.717) is 6.42 Å². The predicted octanol–water partition coefficient (Wildman–Crippen LogP) is 1.78. The van der Waals surface area contributed by atoms with E-state index in [1.807, 2.05) is 45.0 Å². The quantitative estimate of drug-likeness (QED) is 0.172. The molecular weight excluding hydrogens is 574 g/mol. The fourth-order valence-corrected chi connectivity index (χ4v) is 5.90. The van der Waals surface area contributed by atoms with E-state index in [1.54, 1.807) is 16.8 Å². The van der Waals surface area contributed by atoms with Crippen molar-refractivity contribution < 1.29 is 34.5 Å². The van der Waals surface area contributed by atoms with Gasteiger partial charge in [0, 0.05) is 25.9 Å². The number of aliphatic hydroxyl groups is 2. The van der Waals surface area contributed by atoms with Crippen molar-refractivity contribution >= 4 is 35.0 Å². The zero-order valence-electron chi connectivity index (χ0n) is 25.3. The molecule has 1 aliphatic heterocycles. The largest absolute Gasteiger partial charge is 0.481 e. The van der Waals surface area contributed by atoms with Crippen LogP contribution in [-0.2, 0) is 25.7 Å². The zero-order valence-corrected chi connectivity index (χ0v) is 26.1. The van der Waals surface area contributed by atoms with Crippen molar-refractivity contribution in [3.05, 3.63) is 41.0 Å². The zero-order chi connectivity index (χ0) is 31.9. The van der Waals surface area contributed by atoms with E-state index < -0.39 is 53.6 Å². The maximum atomic E-state index is 13.4. The van der Waals surface area contributed by atoms with Gasteiger partial charge in [-0.3, -0.25) is 24.5 Å². The molecule has 12 nitrogen and oxygen atoms in total. The first kappa shape index (κ1) is 34.1. The third-order valence-electron chi connectivity index (χ3n) is 7.36. The molecule has 5 atom stereocenters. The van der Waals surface area contributed by atoms with E-state index in [9.17, 15) is 29.4 Å². The lowest BCUT2D eigenvalue weighted by atomic mass is 10.00. The Balaban J connectivity index is 1.60. The van der Waals surface area contributed by atoms with Crippen molar-refractivity contribution in [2.24, 2.45) is 5.92 Å². The first-order valence-corrected chi connectivity index (χ1v) is 15.3. The highest BCUT2D eigenvalue weighted by atomic mass is 32.1. The molecular formula is C30H43N5O7S. The second-order valence-corrected chi connectivity index (χ2v) is 12.7. The molecule has 1 fully saturated rings. The third kappa shape index (κ3) is 9.82. The van der Waals surface area contributed by atoms with Gasteiger partial charge in [-0.2, -0.15) is 0 Å². The number of carboxylic acid groups (broad SMARTS) is 1. The first-order chi connectivity index (χ1) is 20.2. The monoisotopic (exact) mass is 617 g/mol. The van der Waals surface area contributed by atoms with Crippen LogP contribution in [0.4, 0.5) is 0 Å². The number of nitrogens with one attached hydrogen (secondary N) is 3. The van der Waals surface area contributed by atoms with Gasteiger partial charge in [-0.1, -0.05) is 38.1 Å². The Morgan fingerprint density at radius 3 is 2.42 bits per heavy atom. The average molecular weight is 618 g/mol. The number of likely N-dealkylation sites (tertiary alicyclic amines) is 1. The number of carbonyl (C=O) groups excluding carboxylic acids is 3. The molecule has 3 amide bonds. The molecule has 0 spiro atoms. The van der Waals surface area contributed by atoms with Crippen LogP contribution in [0.3, 0.4) is 0 Å². The summed E-state index contributed by atoms with van der Waals surface area (Å²) in [6.45, 7) is 8.84. The maximum absolute atomic E-state index is 13.4. The molecule has 0 aliphatic carbocycles. The summed E-state index contributed by atoms with van der Waals surface area (Å²) in [6, 6.07) is 4.95. The van der Waals surface area contributed by atoms with Crippen molar-refractivity contribution in [3.8, 4) is 10.4 Å². The number of amides is 3. The van der Waals surface area contributed by atoms with Crippen molar-refractivity contribution in [2.75, 3.05) is 6.54 Å². The van der Waals surface area contributed by atoms with Gasteiger partial charge >= 0.3 is 5.97 Å². The van der Waals surface area contributed by atoms with Gasteiger partial charge in [-0.15, -0.1) is 11.3 Å². The van der Waals surface area contributed by atoms with Crippen LogP contribution in [0.25, 0.3) is 10.4 Å². The van der Waals surface area contributed by atoms with Crippen LogP contribution >= 0.6 is 11.3 Å². The SMILES string of the molecule is Cc1ncsc1-c1ccc(CNC(=O)[C@@H]2C[C@@H](O)CN2C(=O)[C@H](C)NC(=O)[C@H](CC(C)C)NC(C)(O)CCC(=O)O)cc1. The van der Waals surface area contributed by atoms with Gasteiger partial charge in [0.05, 0.1) is 28.2 Å². The summed E-state index contributed by atoms with van der Waals surface area (Å²) in [6.07, 6.45) is -0.884. The number of aliphatic carboxylic acids is 1. The molecule has 1 saturated heterocycles. The Hall–Kier alpha value is -3.39. The number of aryl methyl sites for hydroxylation is 1. The summed E-state index contributed by atoms with van der Waals surface area (Å²) in [4.78, 5) is 57.3. The number of rotatable bonds is 14. The smallest absolute Gasteiger partial charge is 0.303 e. The molecule has 43 heavy (non-hydrogen) atoms. The van der Waals surface area contributed by atoms with E-state index >= 15 is 0 Å². The van der Waals surface area contributed by atoms with Gasteiger partial charge in [0.1, 0.15) is 17.8 Å². The van der Waals surface area contributed by atoms with Crippen molar-refractivity contribution in [3.63, 3.8) is 0 Å². The summed E-state index contributed by atoms with van der Waals surface area (Å²) in [7, 11) is 0. The highest BCUT2D eigenvalue weighted by Crippen LogP contribution is 2.27. The van der Waals surface area contributed by atoms with Crippen LogP contribution in [0.5, 0.6) is 0 Å². The van der Waals surface area contributed by atoms with E-state index in [1.165, 1.54) is 18.7 Å². The Morgan fingerprint density at radius 2 is 1.84 bits per heavy atom. The van der Waals surface area contributed by atoms with Gasteiger partial charge in [-0.05, 0) is 50.7 Å².